The maximum atomic E-state index is 10.9. The van der Waals surface area contributed by atoms with E-state index in [9.17, 15) is 4.79 Å². The Kier molecular flexibility index (Phi) is 4.86. The highest BCUT2D eigenvalue weighted by molar-refractivity contribution is 8.14. The standard InChI is InChI=1S/C12H23N3OS/c1-8(2)5-9-7-14-11(17-9)15-12(3,4)6-10(13)16/h8-9H,5-7H2,1-4H3,(H2,13,16)(H,14,15). The number of carbonyl (C=O) groups is 1. The fourth-order valence-electron chi connectivity index (χ4n) is 1.90. The highest BCUT2D eigenvalue weighted by Crippen LogP contribution is 2.26. The third-order valence-corrected chi connectivity index (χ3v) is 3.64. The van der Waals surface area contributed by atoms with Crippen LogP contribution < -0.4 is 11.1 Å². The Bertz CT molecular complexity index is 313. The highest BCUT2D eigenvalue weighted by Gasteiger charge is 2.26. The monoisotopic (exact) mass is 257 g/mol. The highest BCUT2D eigenvalue weighted by atomic mass is 32.2. The summed E-state index contributed by atoms with van der Waals surface area (Å²) in [6.07, 6.45) is 1.50. The Morgan fingerprint density at radius 3 is 2.82 bits per heavy atom. The van der Waals surface area contributed by atoms with E-state index in [2.05, 4.69) is 24.2 Å². The van der Waals surface area contributed by atoms with E-state index >= 15 is 0 Å². The van der Waals surface area contributed by atoms with Gasteiger partial charge in [0.25, 0.3) is 0 Å². The molecule has 98 valence electrons. The molecular weight excluding hydrogens is 234 g/mol. The number of nitrogens with two attached hydrogens (primary N) is 1. The van der Waals surface area contributed by atoms with E-state index in [-0.39, 0.29) is 11.4 Å². The molecule has 0 aromatic carbocycles. The summed E-state index contributed by atoms with van der Waals surface area (Å²) >= 11 is 1.78. The third kappa shape index (κ3) is 5.44. The number of amidine groups is 1. The molecule has 1 atom stereocenters. The van der Waals surface area contributed by atoms with E-state index in [0.717, 1.165) is 11.7 Å². The lowest BCUT2D eigenvalue weighted by atomic mass is 10.0. The Morgan fingerprint density at radius 1 is 1.65 bits per heavy atom. The van der Waals surface area contributed by atoms with Crippen molar-refractivity contribution in [2.24, 2.45) is 16.6 Å². The zero-order valence-corrected chi connectivity index (χ0v) is 11.9. The molecule has 1 amide bonds. The van der Waals surface area contributed by atoms with Crippen LogP contribution in [0.5, 0.6) is 0 Å². The predicted molar refractivity (Wildman–Crippen MR) is 74.2 cm³/mol. The summed E-state index contributed by atoms with van der Waals surface area (Å²) in [5.74, 6) is 0.408. The molecule has 0 aliphatic carbocycles. The zero-order chi connectivity index (χ0) is 13.1. The molecule has 1 heterocycles. The van der Waals surface area contributed by atoms with Gasteiger partial charge >= 0.3 is 0 Å². The SMILES string of the molecule is CC(C)CC1CN=C(NC(C)(C)CC(N)=O)S1. The van der Waals surface area contributed by atoms with Gasteiger partial charge in [-0.1, -0.05) is 25.6 Å². The molecule has 0 spiro atoms. The minimum absolute atomic E-state index is 0.287. The summed E-state index contributed by atoms with van der Waals surface area (Å²) in [5, 5.41) is 4.82. The van der Waals surface area contributed by atoms with Crippen molar-refractivity contribution in [1.82, 2.24) is 5.32 Å². The molecule has 3 N–H and O–H groups in total. The smallest absolute Gasteiger partial charge is 0.219 e. The van der Waals surface area contributed by atoms with Crippen molar-refractivity contribution in [2.75, 3.05) is 6.54 Å². The van der Waals surface area contributed by atoms with Crippen LogP contribution in [0.15, 0.2) is 4.99 Å². The molecule has 4 nitrogen and oxygen atoms in total. The summed E-state index contributed by atoms with van der Waals surface area (Å²) in [4.78, 5) is 15.4. The van der Waals surface area contributed by atoms with Gasteiger partial charge in [0.1, 0.15) is 0 Å². The van der Waals surface area contributed by atoms with Crippen molar-refractivity contribution >= 4 is 22.8 Å². The molecule has 0 bridgehead atoms. The molecular formula is C12H23N3OS. The van der Waals surface area contributed by atoms with Gasteiger partial charge in [-0.3, -0.25) is 9.79 Å². The maximum Gasteiger partial charge on any atom is 0.219 e. The van der Waals surface area contributed by atoms with Gasteiger partial charge in [0.15, 0.2) is 5.17 Å². The fraction of sp³-hybridized carbons (Fsp3) is 0.833. The number of primary amides is 1. The first kappa shape index (κ1) is 14.4. The van der Waals surface area contributed by atoms with Crippen molar-refractivity contribution in [3.63, 3.8) is 0 Å². The first-order valence-corrected chi connectivity index (χ1v) is 6.94. The molecule has 17 heavy (non-hydrogen) atoms. The van der Waals surface area contributed by atoms with E-state index in [1.807, 2.05) is 13.8 Å². The number of rotatable bonds is 5. The van der Waals surface area contributed by atoms with Gasteiger partial charge in [0, 0.05) is 17.2 Å². The summed E-state index contributed by atoms with van der Waals surface area (Å²) < 4.78 is 0. The lowest BCUT2D eigenvalue weighted by Gasteiger charge is -2.25. The maximum absolute atomic E-state index is 10.9. The molecule has 0 fully saturated rings. The topological polar surface area (TPSA) is 67.5 Å². The first-order valence-electron chi connectivity index (χ1n) is 6.06. The Morgan fingerprint density at radius 2 is 2.29 bits per heavy atom. The molecule has 0 radical (unpaired) electrons. The van der Waals surface area contributed by atoms with Crippen LogP contribution in [-0.4, -0.2) is 28.4 Å². The number of nitrogens with one attached hydrogen (secondary N) is 1. The molecule has 0 saturated heterocycles. The van der Waals surface area contributed by atoms with Gasteiger partial charge in [0.05, 0.1) is 6.54 Å². The Hall–Kier alpha value is -0.710. The van der Waals surface area contributed by atoms with Crippen LogP contribution in [0.1, 0.15) is 40.5 Å². The van der Waals surface area contributed by atoms with E-state index in [0.29, 0.717) is 17.6 Å². The zero-order valence-electron chi connectivity index (χ0n) is 11.1. The number of aliphatic imine (C=N–C) groups is 1. The summed E-state index contributed by atoms with van der Waals surface area (Å²) in [5.41, 5.74) is 4.91. The van der Waals surface area contributed by atoms with E-state index in [1.54, 1.807) is 11.8 Å². The number of nitrogens with zero attached hydrogens (tertiary/aromatic N) is 1. The molecule has 1 aliphatic heterocycles. The van der Waals surface area contributed by atoms with Crippen molar-refractivity contribution in [1.29, 1.82) is 0 Å². The molecule has 5 heteroatoms. The number of thioether (sulfide) groups is 1. The van der Waals surface area contributed by atoms with Crippen LogP contribution in [0.25, 0.3) is 0 Å². The largest absolute Gasteiger partial charge is 0.370 e. The van der Waals surface area contributed by atoms with Gasteiger partial charge in [-0.25, -0.2) is 0 Å². The van der Waals surface area contributed by atoms with Gasteiger partial charge in [-0.2, -0.15) is 0 Å². The quantitative estimate of drug-likeness (QED) is 0.788. The number of amides is 1. The average molecular weight is 257 g/mol. The normalized spacial score (nSPS) is 20.5. The van der Waals surface area contributed by atoms with Crippen LogP contribution in [0.4, 0.5) is 0 Å². The van der Waals surface area contributed by atoms with Crippen LogP contribution >= 0.6 is 11.8 Å². The molecule has 0 aromatic heterocycles. The van der Waals surface area contributed by atoms with Crippen molar-refractivity contribution in [2.45, 2.75) is 51.3 Å². The third-order valence-electron chi connectivity index (χ3n) is 2.51. The molecule has 0 aromatic rings. The van der Waals surface area contributed by atoms with Crippen molar-refractivity contribution < 1.29 is 4.79 Å². The number of carbonyl (C=O) groups excluding carboxylic acids is 1. The average Bonchev–Trinajstić information content (AvgIpc) is 2.46. The van der Waals surface area contributed by atoms with Gasteiger partial charge in [-0.15, -0.1) is 0 Å². The van der Waals surface area contributed by atoms with Crippen LogP contribution in [-0.2, 0) is 4.79 Å². The Labute approximate surface area is 108 Å². The number of hydrogen-bond donors (Lipinski definition) is 2. The van der Waals surface area contributed by atoms with Gasteiger partial charge in [-0.05, 0) is 26.2 Å². The first-order chi connectivity index (χ1) is 7.78. The van der Waals surface area contributed by atoms with Crippen LogP contribution in [0.3, 0.4) is 0 Å². The lowest BCUT2D eigenvalue weighted by molar-refractivity contribution is -0.119. The minimum atomic E-state index is -0.315. The fourth-order valence-corrected chi connectivity index (χ4v) is 3.33. The second kappa shape index (κ2) is 5.76. The van der Waals surface area contributed by atoms with Gasteiger partial charge in [0.2, 0.25) is 5.91 Å². The van der Waals surface area contributed by atoms with Gasteiger partial charge < -0.3 is 11.1 Å². The number of hydrogen-bond acceptors (Lipinski definition) is 4. The van der Waals surface area contributed by atoms with E-state index in [4.69, 9.17) is 5.73 Å². The van der Waals surface area contributed by atoms with E-state index in [1.165, 1.54) is 6.42 Å². The Balaban J connectivity index is 2.41. The summed E-state index contributed by atoms with van der Waals surface area (Å²) in [6.45, 7) is 9.26. The van der Waals surface area contributed by atoms with Crippen LogP contribution in [0.2, 0.25) is 0 Å². The van der Waals surface area contributed by atoms with E-state index < -0.39 is 0 Å². The molecule has 1 aliphatic rings. The second-order valence-electron chi connectivity index (χ2n) is 5.67. The molecule has 0 saturated carbocycles. The molecule has 1 unspecified atom stereocenters. The molecule has 1 rings (SSSR count). The summed E-state index contributed by atoms with van der Waals surface area (Å²) in [7, 11) is 0. The van der Waals surface area contributed by atoms with Crippen molar-refractivity contribution in [3.05, 3.63) is 0 Å². The lowest BCUT2D eigenvalue weighted by Crippen LogP contribution is -2.44. The minimum Gasteiger partial charge on any atom is -0.370 e. The van der Waals surface area contributed by atoms with Crippen molar-refractivity contribution in [3.8, 4) is 0 Å². The second-order valence-corrected chi connectivity index (χ2v) is 6.96. The summed E-state index contributed by atoms with van der Waals surface area (Å²) in [6, 6.07) is 0. The predicted octanol–water partition coefficient (Wildman–Crippen LogP) is 1.75. The van der Waals surface area contributed by atoms with Crippen LogP contribution in [0, 0.1) is 5.92 Å².